The summed E-state index contributed by atoms with van der Waals surface area (Å²) in [7, 11) is -10.9. The van der Waals surface area contributed by atoms with Gasteiger partial charge in [-0.15, -0.1) is 0 Å². The Labute approximate surface area is 287 Å². The van der Waals surface area contributed by atoms with Gasteiger partial charge in [0.2, 0.25) is 5.82 Å². The number of hydrogen-bond donors (Lipinski definition) is 0. The van der Waals surface area contributed by atoms with Crippen LogP contribution in [-0.2, 0) is 33.5 Å². The van der Waals surface area contributed by atoms with Crippen molar-refractivity contribution >= 4 is 31.7 Å². The molecule has 3 aromatic carbocycles. The van der Waals surface area contributed by atoms with Crippen molar-refractivity contribution in [3.63, 3.8) is 0 Å². The first-order valence-corrected chi connectivity index (χ1v) is 13.5. The van der Waals surface area contributed by atoms with E-state index < -0.39 is 96.1 Å². The van der Waals surface area contributed by atoms with Crippen LogP contribution in [-0.4, -0.2) is 30.5 Å². The summed E-state index contributed by atoms with van der Waals surface area (Å²) in [6.45, 7) is -0.275. The number of rotatable bonds is 7. The van der Waals surface area contributed by atoms with Crippen LogP contribution in [0.1, 0.15) is 16.7 Å². The molecule has 0 aliphatic rings. The van der Waals surface area contributed by atoms with Crippen LogP contribution >= 0.6 is 0 Å². The van der Waals surface area contributed by atoms with Crippen LogP contribution in [0.2, 0.25) is 0 Å². The molecule has 0 radical (unpaired) electrons. The van der Waals surface area contributed by atoms with Crippen LogP contribution < -0.4 is 67.5 Å². The van der Waals surface area contributed by atoms with Crippen molar-refractivity contribution < 1.29 is 129 Å². The summed E-state index contributed by atoms with van der Waals surface area (Å²) in [6, 6.07) is 4.42. The maximum atomic E-state index is 14.6. The summed E-state index contributed by atoms with van der Waals surface area (Å²) in [5, 5.41) is -0.750. The molecule has 0 amide bonds. The summed E-state index contributed by atoms with van der Waals surface area (Å²) < 4.78 is 188. The van der Waals surface area contributed by atoms with Gasteiger partial charge < -0.3 is 22.0 Å². The fourth-order valence-corrected chi connectivity index (χ4v) is 4.99. The first-order valence-electron chi connectivity index (χ1n) is 10.8. The molecule has 9 nitrogen and oxygen atoms in total. The van der Waals surface area contributed by atoms with E-state index in [2.05, 4.69) is 8.37 Å². The van der Waals surface area contributed by atoms with E-state index in [9.17, 15) is 61.1 Å². The fraction of sp³-hybridized carbons (Fsp3) is 0.130. The van der Waals surface area contributed by atoms with Crippen molar-refractivity contribution in [1.29, 1.82) is 0 Å². The van der Waals surface area contributed by atoms with Crippen LogP contribution in [0.25, 0.3) is 22.2 Å². The number of aromatic nitrogens is 1. The molecule has 44 heavy (non-hydrogen) atoms. The number of halogens is 8. The van der Waals surface area contributed by atoms with Gasteiger partial charge in [0.25, 0.3) is 20.8 Å². The molecule has 1 heterocycles. The third kappa shape index (κ3) is 7.88. The minimum absolute atomic E-state index is 0. The average Bonchev–Trinajstić information content (AvgIpc) is 3.12. The predicted octanol–water partition coefficient (Wildman–Crippen LogP) is -0.935. The number of nitrogens with zero attached hydrogens (tertiary/aromatic N) is 1. The number of hydrogen-bond acceptors (Lipinski definition) is 8. The minimum atomic E-state index is -5.66. The van der Waals surface area contributed by atoms with Crippen LogP contribution in [0, 0.1) is 36.0 Å². The standard InChI is InChI=1S/C23H13F8NO8S2.2Na/c1-9-16-14(23(29,30)31)6-12(40-42(36,37)38)7-15(16)32(8-13-17(24)19(26)21(28)20(27)18(13)25)22(9)10-2-4-11(5-3-10)39-41(33,34)35;;/h2-7H,8H2,1H3,(H,33,34,35)(H,36,37,38);;/q;2*+1/p-2. The molecule has 0 saturated carbocycles. The Kier molecular flexibility index (Phi) is 11.7. The third-order valence-corrected chi connectivity index (χ3v) is 6.62. The van der Waals surface area contributed by atoms with E-state index >= 15 is 0 Å². The van der Waals surface area contributed by atoms with Crippen molar-refractivity contribution in [2.45, 2.75) is 19.6 Å². The second kappa shape index (κ2) is 13.4. The van der Waals surface area contributed by atoms with Crippen molar-refractivity contribution in [3.05, 3.63) is 82.2 Å². The van der Waals surface area contributed by atoms with Gasteiger partial charge >= 0.3 is 65.3 Å². The van der Waals surface area contributed by atoms with Gasteiger partial charge in [0.15, 0.2) is 23.3 Å². The van der Waals surface area contributed by atoms with Gasteiger partial charge in [-0.2, -0.15) is 13.2 Å². The van der Waals surface area contributed by atoms with E-state index in [1.165, 1.54) is 0 Å². The van der Waals surface area contributed by atoms with E-state index in [1.54, 1.807) is 0 Å². The maximum Gasteiger partial charge on any atom is 1.00 e. The van der Waals surface area contributed by atoms with Gasteiger partial charge in [-0.1, -0.05) is 0 Å². The average molecular weight is 691 g/mol. The van der Waals surface area contributed by atoms with Gasteiger partial charge in [-0.3, -0.25) is 0 Å². The molecule has 0 spiro atoms. The Morgan fingerprint density at radius 3 is 1.66 bits per heavy atom. The molecule has 4 rings (SSSR count). The number of fused-ring (bicyclic) bond motifs is 1. The van der Waals surface area contributed by atoms with E-state index in [4.69, 9.17) is 0 Å². The summed E-state index contributed by atoms with van der Waals surface area (Å²) in [5.74, 6) is -13.6. The molecule has 0 unspecified atom stereocenters. The molecule has 0 fully saturated rings. The van der Waals surface area contributed by atoms with Gasteiger partial charge in [0.1, 0.15) is 11.5 Å². The van der Waals surface area contributed by atoms with E-state index in [0.717, 1.165) is 31.2 Å². The second-order valence-electron chi connectivity index (χ2n) is 8.48. The van der Waals surface area contributed by atoms with Gasteiger partial charge in [0.05, 0.1) is 23.3 Å². The first-order chi connectivity index (χ1) is 19.2. The van der Waals surface area contributed by atoms with Crippen LogP contribution in [0.5, 0.6) is 11.5 Å². The molecule has 0 aliphatic carbocycles. The van der Waals surface area contributed by atoms with E-state index in [-0.39, 0.29) is 82.0 Å². The third-order valence-electron chi connectivity index (χ3n) is 5.83. The Hall–Kier alpha value is -1.94. The zero-order chi connectivity index (χ0) is 31.5. The Balaban J connectivity index is 0.00000337. The first kappa shape index (κ1) is 38.2. The molecule has 226 valence electrons. The summed E-state index contributed by atoms with van der Waals surface area (Å²) in [6.07, 6.45) is -5.27. The Morgan fingerprint density at radius 2 is 1.20 bits per heavy atom. The maximum absolute atomic E-state index is 14.6. The predicted molar refractivity (Wildman–Crippen MR) is 123 cm³/mol. The van der Waals surface area contributed by atoms with Crippen molar-refractivity contribution in [2.75, 3.05) is 0 Å². The van der Waals surface area contributed by atoms with Gasteiger partial charge in [-0.05, 0) is 48.4 Å². The quantitative estimate of drug-likeness (QED) is 0.0606. The largest absolute Gasteiger partial charge is 1.00 e. The number of aryl methyl sites for hydroxylation is 1. The normalized spacial score (nSPS) is 12.1. The molecular formula is C23H11F8NNa2O8S2. The van der Waals surface area contributed by atoms with Crippen molar-refractivity contribution in [1.82, 2.24) is 4.57 Å². The SMILES string of the molecule is Cc1c(-c2ccc(OS(=O)(=O)[O-])cc2)n(Cc2c(F)c(F)c(F)c(F)c2F)c2cc(OS(=O)(=O)[O-])cc(C(F)(F)F)c12.[Na+].[Na+]. The molecule has 21 heteroatoms. The zero-order valence-corrected chi connectivity index (χ0v) is 27.9. The Morgan fingerprint density at radius 1 is 0.750 bits per heavy atom. The number of benzene rings is 3. The smallest absolute Gasteiger partial charge is 0.716 e. The molecule has 1 aromatic heterocycles. The van der Waals surface area contributed by atoms with Gasteiger partial charge in [-0.25, -0.2) is 38.8 Å². The summed E-state index contributed by atoms with van der Waals surface area (Å²) in [4.78, 5) is 0. The second-order valence-corrected chi connectivity index (χ2v) is 10.4. The molecule has 0 N–H and O–H groups in total. The fourth-order valence-electron chi connectivity index (χ4n) is 4.31. The minimum Gasteiger partial charge on any atom is -0.716 e. The molecule has 0 bridgehead atoms. The molecule has 0 aliphatic heterocycles. The van der Waals surface area contributed by atoms with E-state index in [1.807, 2.05) is 0 Å². The Bertz CT molecular complexity index is 1940. The van der Waals surface area contributed by atoms with Crippen LogP contribution in [0.3, 0.4) is 0 Å². The summed E-state index contributed by atoms with van der Waals surface area (Å²) in [5.41, 5.74) is -4.69. The molecular weight excluding hydrogens is 680 g/mol. The summed E-state index contributed by atoms with van der Waals surface area (Å²) >= 11 is 0. The number of alkyl halides is 3. The van der Waals surface area contributed by atoms with Crippen LogP contribution in [0.4, 0.5) is 35.1 Å². The monoisotopic (exact) mass is 691 g/mol. The molecule has 0 atom stereocenters. The van der Waals surface area contributed by atoms with Crippen LogP contribution in [0.15, 0.2) is 36.4 Å². The zero-order valence-electron chi connectivity index (χ0n) is 22.2. The molecule has 4 aromatic rings. The van der Waals surface area contributed by atoms with Gasteiger partial charge in [0, 0.05) is 17.0 Å². The van der Waals surface area contributed by atoms with Crippen molar-refractivity contribution in [2.24, 2.45) is 0 Å². The topological polar surface area (TPSA) is 138 Å². The molecule has 0 saturated heterocycles. The van der Waals surface area contributed by atoms with E-state index in [0.29, 0.717) is 10.6 Å². The van der Waals surface area contributed by atoms with Crippen molar-refractivity contribution in [3.8, 4) is 22.8 Å².